The number of β-amino-alcohol motifs (C(OH)–C–C–N with tert-alkyl or cyclic N) is 1. The quantitative estimate of drug-likeness (QED) is 0.858. The fraction of sp³-hybridized carbons (Fsp3) is 0.500. The number of benzene rings is 1. The number of aryl methyl sites for hydroxylation is 1. The normalized spacial score (nSPS) is 24.1. The summed E-state index contributed by atoms with van der Waals surface area (Å²) in [5.41, 5.74) is 0.636. The molecular weight excluding hydrogens is 288 g/mol. The highest BCUT2D eigenvalue weighted by Gasteiger charge is 2.36. The lowest BCUT2D eigenvalue weighted by Crippen LogP contribution is -2.44. The van der Waals surface area contributed by atoms with E-state index in [1.807, 2.05) is 0 Å². The zero-order valence-electron chi connectivity index (χ0n) is 10.8. The van der Waals surface area contributed by atoms with Gasteiger partial charge < -0.3 is 10.4 Å². The summed E-state index contributed by atoms with van der Waals surface area (Å²) in [4.78, 5) is 0.182. The molecule has 5 nitrogen and oxygen atoms in total. The van der Waals surface area contributed by atoms with Crippen LogP contribution in [-0.4, -0.2) is 50.1 Å². The molecule has 1 saturated heterocycles. The highest BCUT2D eigenvalue weighted by atomic mass is 35.5. The molecular formula is C12H17ClN2O3S. The molecule has 2 rings (SSSR count). The highest BCUT2D eigenvalue weighted by Crippen LogP contribution is 2.25. The molecule has 0 unspecified atom stereocenters. The lowest BCUT2D eigenvalue weighted by atomic mass is 10.2. The molecule has 0 spiro atoms. The van der Waals surface area contributed by atoms with Crippen molar-refractivity contribution in [3.05, 3.63) is 28.8 Å². The van der Waals surface area contributed by atoms with Crippen molar-refractivity contribution >= 4 is 21.6 Å². The monoisotopic (exact) mass is 304 g/mol. The Labute approximate surface area is 118 Å². The van der Waals surface area contributed by atoms with Crippen molar-refractivity contribution < 1.29 is 13.5 Å². The Morgan fingerprint density at radius 1 is 1.42 bits per heavy atom. The Hall–Kier alpha value is -0.660. The van der Waals surface area contributed by atoms with Crippen LogP contribution >= 0.6 is 11.6 Å². The standard InChI is InChI=1S/C12H17ClN2O3S/c1-8-3-4-9(13)5-12(8)19(17,18)15(2)10-6-14-7-11(10)16/h3-5,10-11,14,16H,6-7H2,1-2H3/t10-,11-/m1/s1. The second-order valence-corrected chi connectivity index (χ2v) is 7.13. The Kier molecular flexibility index (Phi) is 4.17. The largest absolute Gasteiger partial charge is 0.390 e. The Balaban J connectivity index is 2.39. The summed E-state index contributed by atoms with van der Waals surface area (Å²) < 4.78 is 26.4. The van der Waals surface area contributed by atoms with E-state index in [-0.39, 0.29) is 4.90 Å². The van der Waals surface area contributed by atoms with E-state index in [1.54, 1.807) is 19.1 Å². The van der Waals surface area contributed by atoms with Crippen LogP contribution in [0.25, 0.3) is 0 Å². The third-order valence-corrected chi connectivity index (χ3v) is 5.69. The van der Waals surface area contributed by atoms with E-state index in [4.69, 9.17) is 11.6 Å². The number of hydrogen-bond donors (Lipinski definition) is 2. The van der Waals surface area contributed by atoms with Crippen LogP contribution in [0.1, 0.15) is 5.56 Å². The van der Waals surface area contributed by atoms with Crippen LogP contribution in [0.5, 0.6) is 0 Å². The Morgan fingerprint density at radius 2 is 2.11 bits per heavy atom. The van der Waals surface area contributed by atoms with Crippen LogP contribution in [0, 0.1) is 6.92 Å². The lowest BCUT2D eigenvalue weighted by molar-refractivity contribution is 0.136. The van der Waals surface area contributed by atoms with Gasteiger partial charge in [0.05, 0.1) is 17.0 Å². The van der Waals surface area contributed by atoms with E-state index >= 15 is 0 Å². The maximum absolute atomic E-state index is 12.6. The van der Waals surface area contributed by atoms with Crippen molar-refractivity contribution in [2.75, 3.05) is 20.1 Å². The predicted octanol–water partition coefficient (Wildman–Crippen LogP) is 0.602. The number of aliphatic hydroxyl groups excluding tert-OH is 1. The van der Waals surface area contributed by atoms with Gasteiger partial charge in [0.15, 0.2) is 0 Å². The molecule has 106 valence electrons. The number of nitrogens with zero attached hydrogens (tertiary/aromatic N) is 1. The molecule has 1 aromatic rings. The third kappa shape index (κ3) is 2.78. The number of likely N-dealkylation sites (N-methyl/N-ethyl adjacent to an activating group) is 1. The molecule has 19 heavy (non-hydrogen) atoms. The molecule has 0 aromatic heterocycles. The van der Waals surface area contributed by atoms with Crippen molar-refractivity contribution in [3.63, 3.8) is 0 Å². The molecule has 2 N–H and O–H groups in total. The summed E-state index contributed by atoms with van der Waals surface area (Å²) in [6, 6.07) is 4.31. The summed E-state index contributed by atoms with van der Waals surface area (Å²) in [5.74, 6) is 0. The molecule has 1 heterocycles. The zero-order valence-corrected chi connectivity index (χ0v) is 12.4. The van der Waals surface area contributed by atoms with E-state index in [9.17, 15) is 13.5 Å². The van der Waals surface area contributed by atoms with E-state index in [1.165, 1.54) is 17.4 Å². The minimum atomic E-state index is -3.66. The minimum Gasteiger partial charge on any atom is -0.390 e. The van der Waals surface area contributed by atoms with E-state index in [0.717, 1.165) is 0 Å². The SMILES string of the molecule is Cc1ccc(Cl)cc1S(=O)(=O)N(C)[C@@H]1CNC[C@H]1O. The summed E-state index contributed by atoms with van der Waals surface area (Å²) in [6.45, 7) is 2.57. The molecule has 0 radical (unpaired) electrons. The van der Waals surface area contributed by atoms with Crippen LogP contribution in [-0.2, 0) is 10.0 Å². The first-order valence-electron chi connectivity index (χ1n) is 5.97. The zero-order chi connectivity index (χ0) is 14.2. The summed E-state index contributed by atoms with van der Waals surface area (Å²) in [7, 11) is -2.18. The average Bonchev–Trinajstić information content (AvgIpc) is 2.77. The summed E-state index contributed by atoms with van der Waals surface area (Å²) in [5, 5.41) is 13.1. The van der Waals surface area contributed by atoms with Crippen molar-refractivity contribution in [3.8, 4) is 0 Å². The van der Waals surface area contributed by atoms with Crippen molar-refractivity contribution in [2.24, 2.45) is 0 Å². The summed E-state index contributed by atoms with van der Waals surface area (Å²) >= 11 is 5.87. The number of hydrogen-bond acceptors (Lipinski definition) is 4. The van der Waals surface area contributed by atoms with Crippen LogP contribution < -0.4 is 5.32 Å². The predicted molar refractivity (Wildman–Crippen MR) is 73.8 cm³/mol. The molecule has 0 amide bonds. The molecule has 0 saturated carbocycles. The average molecular weight is 305 g/mol. The molecule has 0 aliphatic carbocycles. The second kappa shape index (κ2) is 5.38. The third-order valence-electron chi connectivity index (χ3n) is 3.43. The first-order chi connectivity index (χ1) is 8.84. The van der Waals surface area contributed by atoms with E-state index < -0.39 is 22.2 Å². The van der Waals surface area contributed by atoms with Crippen molar-refractivity contribution in [1.29, 1.82) is 0 Å². The number of sulfonamides is 1. The first kappa shape index (κ1) is 14.7. The van der Waals surface area contributed by atoms with Crippen molar-refractivity contribution in [1.82, 2.24) is 9.62 Å². The van der Waals surface area contributed by atoms with Gasteiger partial charge in [-0.1, -0.05) is 17.7 Å². The Bertz CT molecular complexity index is 576. The van der Waals surface area contributed by atoms with Gasteiger partial charge in [-0.2, -0.15) is 4.31 Å². The lowest BCUT2D eigenvalue weighted by Gasteiger charge is -2.26. The van der Waals surface area contributed by atoms with Gasteiger partial charge in [-0.25, -0.2) is 8.42 Å². The minimum absolute atomic E-state index is 0.182. The van der Waals surface area contributed by atoms with Gasteiger partial charge in [-0.3, -0.25) is 0 Å². The molecule has 1 aliphatic rings. The van der Waals surface area contributed by atoms with Crippen LogP contribution in [0.2, 0.25) is 5.02 Å². The maximum atomic E-state index is 12.6. The van der Waals surface area contributed by atoms with Gasteiger partial charge >= 0.3 is 0 Å². The van der Waals surface area contributed by atoms with Crippen LogP contribution in [0.4, 0.5) is 0 Å². The molecule has 2 atom stereocenters. The number of aliphatic hydroxyl groups is 1. The molecule has 0 bridgehead atoms. The fourth-order valence-corrected chi connectivity index (χ4v) is 4.08. The van der Waals surface area contributed by atoms with Gasteiger partial charge in [0.2, 0.25) is 10.0 Å². The number of nitrogens with one attached hydrogen (secondary N) is 1. The van der Waals surface area contributed by atoms with Gasteiger partial charge in [0.1, 0.15) is 0 Å². The number of halogens is 1. The topological polar surface area (TPSA) is 69.6 Å². The van der Waals surface area contributed by atoms with Crippen LogP contribution in [0.3, 0.4) is 0 Å². The molecule has 7 heteroatoms. The van der Waals surface area contributed by atoms with Gasteiger partial charge in [0.25, 0.3) is 0 Å². The van der Waals surface area contributed by atoms with Gasteiger partial charge in [0, 0.05) is 25.2 Å². The number of rotatable bonds is 3. The second-order valence-electron chi connectivity index (χ2n) is 4.72. The van der Waals surface area contributed by atoms with Gasteiger partial charge in [-0.15, -0.1) is 0 Å². The van der Waals surface area contributed by atoms with Crippen molar-refractivity contribution in [2.45, 2.75) is 24.0 Å². The molecule has 1 fully saturated rings. The van der Waals surface area contributed by atoms with Crippen LogP contribution in [0.15, 0.2) is 23.1 Å². The fourth-order valence-electron chi connectivity index (χ4n) is 2.21. The Morgan fingerprint density at radius 3 is 2.68 bits per heavy atom. The molecule has 1 aliphatic heterocycles. The highest BCUT2D eigenvalue weighted by molar-refractivity contribution is 7.89. The maximum Gasteiger partial charge on any atom is 0.243 e. The molecule has 1 aromatic carbocycles. The van der Waals surface area contributed by atoms with E-state index in [2.05, 4.69) is 5.32 Å². The summed E-state index contributed by atoms with van der Waals surface area (Å²) in [6.07, 6.45) is -0.695. The smallest absolute Gasteiger partial charge is 0.243 e. The van der Waals surface area contributed by atoms with Gasteiger partial charge in [-0.05, 0) is 24.6 Å². The van der Waals surface area contributed by atoms with E-state index in [0.29, 0.717) is 23.7 Å². The first-order valence-corrected chi connectivity index (χ1v) is 7.79.